The van der Waals surface area contributed by atoms with Gasteiger partial charge in [0.2, 0.25) is 11.6 Å². The topological polar surface area (TPSA) is 100 Å². The maximum absolute atomic E-state index is 13.3. The van der Waals surface area contributed by atoms with Crippen LogP contribution in [0.25, 0.3) is 0 Å². The van der Waals surface area contributed by atoms with Gasteiger partial charge in [0.05, 0.1) is 5.02 Å². The van der Waals surface area contributed by atoms with Gasteiger partial charge in [0.15, 0.2) is 0 Å². The Morgan fingerprint density at radius 3 is 2.16 bits per heavy atom. The van der Waals surface area contributed by atoms with Crippen molar-refractivity contribution in [1.82, 2.24) is 15.1 Å². The molecule has 0 aliphatic carbocycles. The number of hydrogen-bond acceptors (Lipinski definition) is 5. The van der Waals surface area contributed by atoms with E-state index >= 15 is 0 Å². The number of pyridine rings is 1. The summed E-state index contributed by atoms with van der Waals surface area (Å²) in [5.74, 6) is -7.78. The summed E-state index contributed by atoms with van der Waals surface area (Å²) in [6.07, 6.45) is 0. The smallest absolute Gasteiger partial charge is 0.291 e. The number of aromatic nitrogens is 1. The van der Waals surface area contributed by atoms with Crippen LogP contribution in [0.3, 0.4) is 0 Å². The molecule has 0 aliphatic heterocycles. The molecule has 2 aromatic rings. The van der Waals surface area contributed by atoms with Crippen LogP contribution in [0.2, 0.25) is 5.02 Å². The van der Waals surface area contributed by atoms with Gasteiger partial charge in [-0.1, -0.05) is 23.7 Å². The number of sulfonamides is 1. The molecule has 1 aromatic heterocycles. The lowest BCUT2D eigenvalue weighted by atomic mass is 10.4. The third-order valence-corrected chi connectivity index (χ3v) is 4.48. The number of benzene rings is 1. The highest BCUT2D eigenvalue weighted by atomic mass is 35.5. The number of nitrogens with one attached hydrogen (secondary N) is 3. The zero-order valence-electron chi connectivity index (χ0n) is 11.8. The van der Waals surface area contributed by atoms with Gasteiger partial charge in [0.25, 0.3) is 21.9 Å². The Kier molecular flexibility index (Phi) is 5.33. The van der Waals surface area contributed by atoms with E-state index in [-0.39, 0.29) is 5.02 Å². The highest BCUT2D eigenvalue weighted by molar-refractivity contribution is 7.90. The Morgan fingerprint density at radius 1 is 1.04 bits per heavy atom. The fourth-order valence-electron chi connectivity index (χ4n) is 1.58. The summed E-state index contributed by atoms with van der Waals surface area (Å²) in [6.45, 7) is 0. The number of hydrogen-bond donors (Lipinski definition) is 3. The average Bonchev–Trinajstić information content (AvgIpc) is 2.52. The number of halogens is 5. The summed E-state index contributed by atoms with van der Waals surface area (Å²) in [6, 6.07) is 3.62. The molecule has 13 heteroatoms. The molecular weight excluding hydrogens is 392 g/mol. The number of anilines is 1. The van der Waals surface area contributed by atoms with Gasteiger partial charge >= 0.3 is 6.03 Å². The zero-order valence-corrected chi connectivity index (χ0v) is 13.4. The largest absolute Gasteiger partial charge is 0.347 e. The van der Waals surface area contributed by atoms with E-state index in [1.165, 1.54) is 33.8 Å². The molecule has 3 N–H and O–H groups in total. The molecule has 1 aromatic carbocycles. The minimum atomic E-state index is -4.41. The summed E-state index contributed by atoms with van der Waals surface area (Å²) in [5, 5.41) is -0.189. The lowest BCUT2D eigenvalue weighted by molar-refractivity contribution is 0.247. The summed E-state index contributed by atoms with van der Waals surface area (Å²) >= 11 is 5.69. The standard InChI is InChI=1S/C12H7ClF4N4O3S/c13-5-3-1-2-4-6(5)25(23,24)21-12(22)20-19-9-7(14)10(16)18-11(17)8(9)15/h1-4H,(H,18,19)(H2,20,21,22). The SMILES string of the molecule is O=C(NNc1c(F)c(F)nc(F)c1F)NS(=O)(=O)c1ccccc1Cl. The molecule has 25 heavy (non-hydrogen) atoms. The van der Waals surface area contributed by atoms with E-state index in [9.17, 15) is 30.8 Å². The molecule has 0 radical (unpaired) electrons. The van der Waals surface area contributed by atoms with Gasteiger partial charge in [-0.3, -0.25) is 10.9 Å². The second-order valence-electron chi connectivity index (χ2n) is 4.31. The Bertz CT molecular complexity index is 916. The molecule has 0 bridgehead atoms. The van der Waals surface area contributed by atoms with Gasteiger partial charge in [0, 0.05) is 0 Å². The molecular formula is C12H7ClF4N4O3S. The van der Waals surface area contributed by atoms with Crippen LogP contribution in [0.5, 0.6) is 0 Å². The molecule has 2 amide bonds. The molecule has 0 atom stereocenters. The Balaban J connectivity index is 2.13. The number of urea groups is 1. The predicted octanol–water partition coefficient (Wildman–Crippen LogP) is 2.31. The Hall–Kier alpha value is -2.60. The van der Waals surface area contributed by atoms with Crippen molar-refractivity contribution >= 4 is 33.3 Å². The molecule has 0 saturated carbocycles. The number of carbonyl (C=O) groups is 1. The van der Waals surface area contributed by atoms with E-state index < -0.39 is 50.2 Å². The minimum absolute atomic E-state index is 0.189. The van der Waals surface area contributed by atoms with Crippen molar-refractivity contribution in [2.24, 2.45) is 0 Å². The van der Waals surface area contributed by atoms with Crippen molar-refractivity contribution < 1.29 is 30.8 Å². The second kappa shape index (κ2) is 7.11. The highest BCUT2D eigenvalue weighted by Gasteiger charge is 2.23. The minimum Gasteiger partial charge on any atom is -0.291 e. The molecule has 134 valence electrons. The van der Waals surface area contributed by atoms with Crippen molar-refractivity contribution in [2.75, 3.05) is 5.43 Å². The number of amides is 2. The molecule has 0 fully saturated rings. The van der Waals surface area contributed by atoms with Gasteiger partial charge in [0.1, 0.15) is 10.6 Å². The van der Waals surface area contributed by atoms with Crippen molar-refractivity contribution in [3.63, 3.8) is 0 Å². The van der Waals surface area contributed by atoms with Crippen molar-refractivity contribution in [1.29, 1.82) is 0 Å². The fourth-order valence-corrected chi connectivity index (χ4v) is 3.01. The van der Waals surface area contributed by atoms with Crippen LogP contribution in [0.4, 0.5) is 28.0 Å². The quantitative estimate of drug-likeness (QED) is 0.417. The number of nitrogens with zero attached hydrogens (tertiary/aromatic N) is 1. The first-order valence-electron chi connectivity index (χ1n) is 6.17. The summed E-state index contributed by atoms with van der Waals surface area (Å²) < 4.78 is 77.9. The third-order valence-electron chi connectivity index (χ3n) is 2.65. The molecule has 0 saturated heterocycles. The summed E-state index contributed by atoms with van der Waals surface area (Å²) in [7, 11) is -4.41. The normalized spacial score (nSPS) is 11.1. The van der Waals surface area contributed by atoms with Gasteiger partial charge in [-0.15, -0.1) is 0 Å². The van der Waals surface area contributed by atoms with E-state index in [4.69, 9.17) is 11.6 Å². The molecule has 0 unspecified atom stereocenters. The van der Waals surface area contributed by atoms with E-state index in [1.807, 2.05) is 0 Å². The average molecular weight is 399 g/mol. The van der Waals surface area contributed by atoms with Crippen LogP contribution in [-0.4, -0.2) is 19.4 Å². The summed E-state index contributed by atoms with van der Waals surface area (Å²) in [4.78, 5) is 13.4. The first-order valence-corrected chi connectivity index (χ1v) is 8.03. The van der Waals surface area contributed by atoms with Crippen molar-refractivity contribution in [3.05, 3.63) is 52.8 Å². The number of carbonyl (C=O) groups excluding carboxylic acids is 1. The maximum Gasteiger partial charge on any atom is 0.347 e. The van der Waals surface area contributed by atoms with Gasteiger partial charge < -0.3 is 0 Å². The third kappa shape index (κ3) is 4.09. The first-order chi connectivity index (χ1) is 11.6. The van der Waals surface area contributed by atoms with Gasteiger partial charge in [-0.25, -0.2) is 17.9 Å². The van der Waals surface area contributed by atoms with Crippen LogP contribution in [0, 0.1) is 23.5 Å². The molecule has 1 heterocycles. The maximum atomic E-state index is 13.3. The first kappa shape index (κ1) is 18.7. The van der Waals surface area contributed by atoms with Crippen LogP contribution in [0.15, 0.2) is 29.2 Å². The number of hydrazine groups is 1. The van der Waals surface area contributed by atoms with Crippen LogP contribution in [0.1, 0.15) is 0 Å². The second-order valence-corrected chi connectivity index (χ2v) is 6.37. The molecule has 0 spiro atoms. The summed E-state index contributed by atoms with van der Waals surface area (Å²) in [5.41, 5.74) is 1.63. The van der Waals surface area contributed by atoms with E-state index in [0.717, 1.165) is 6.07 Å². The van der Waals surface area contributed by atoms with E-state index in [1.54, 1.807) is 0 Å². The van der Waals surface area contributed by atoms with Crippen molar-refractivity contribution in [2.45, 2.75) is 4.90 Å². The van der Waals surface area contributed by atoms with Crippen molar-refractivity contribution in [3.8, 4) is 0 Å². The lowest BCUT2D eigenvalue weighted by Crippen LogP contribution is -2.42. The predicted molar refractivity (Wildman–Crippen MR) is 78.0 cm³/mol. The van der Waals surface area contributed by atoms with Gasteiger partial charge in [-0.05, 0) is 12.1 Å². The highest BCUT2D eigenvalue weighted by Crippen LogP contribution is 2.21. The van der Waals surface area contributed by atoms with Crippen LogP contribution in [-0.2, 0) is 10.0 Å². The molecule has 0 aliphatic rings. The van der Waals surface area contributed by atoms with Crippen LogP contribution < -0.4 is 15.6 Å². The molecule has 2 rings (SSSR count). The molecule has 7 nitrogen and oxygen atoms in total. The Labute approximate surface area is 143 Å². The van der Waals surface area contributed by atoms with Gasteiger partial charge in [-0.2, -0.15) is 22.5 Å². The zero-order chi connectivity index (χ0) is 18.8. The lowest BCUT2D eigenvalue weighted by Gasteiger charge is -2.12. The number of rotatable bonds is 4. The van der Waals surface area contributed by atoms with Crippen LogP contribution >= 0.6 is 11.6 Å². The Morgan fingerprint density at radius 2 is 1.60 bits per heavy atom. The van der Waals surface area contributed by atoms with E-state index in [2.05, 4.69) is 4.98 Å². The monoisotopic (exact) mass is 398 g/mol. The van der Waals surface area contributed by atoms with E-state index in [0.29, 0.717) is 0 Å². The fraction of sp³-hybridized carbons (Fsp3) is 0.